The number of nitrogens with one attached hydrogen (secondary N) is 3. The minimum atomic E-state index is -0.319. The summed E-state index contributed by atoms with van der Waals surface area (Å²) in [6, 6.07) is 15.3. The number of hydrogen-bond acceptors (Lipinski definition) is 5. The van der Waals surface area contributed by atoms with Gasteiger partial charge < -0.3 is 10.3 Å². The maximum Gasteiger partial charge on any atom is 0.278 e. The summed E-state index contributed by atoms with van der Waals surface area (Å²) in [7, 11) is 0. The summed E-state index contributed by atoms with van der Waals surface area (Å²) in [6.45, 7) is 3.11. The standard InChI is InChI=1S/C23H22ClN5OS/c1-2-3-12-25-18-10-6-16(7-11-18)21-27-19(15-4-8-17(24)9-5-15)20(28-21)22(30)29-23-26-13-14-31-23/h4-11,13-14,25H,2-3,12H2,1H3,(H,27,28)(H,26,29,30). The van der Waals surface area contributed by atoms with Gasteiger partial charge >= 0.3 is 0 Å². The highest BCUT2D eigenvalue weighted by atomic mass is 35.5. The van der Waals surface area contributed by atoms with Gasteiger partial charge in [-0.15, -0.1) is 11.3 Å². The summed E-state index contributed by atoms with van der Waals surface area (Å²) in [4.78, 5) is 25.0. The molecule has 0 saturated carbocycles. The summed E-state index contributed by atoms with van der Waals surface area (Å²) < 4.78 is 0. The van der Waals surface area contributed by atoms with Gasteiger partial charge in [-0.2, -0.15) is 0 Å². The average molecular weight is 452 g/mol. The van der Waals surface area contributed by atoms with E-state index in [1.807, 2.05) is 41.8 Å². The second-order valence-corrected chi connectivity index (χ2v) is 8.30. The maximum absolute atomic E-state index is 13.0. The topological polar surface area (TPSA) is 82.7 Å². The van der Waals surface area contributed by atoms with Crippen LogP contribution in [0.1, 0.15) is 30.3 Å². The lowest BCUT2D eigenvalue weighted by Gasteiger charge is -2.05. The molecule has 2 heterocycles. The molecule has 2 aromatic carbocycles. The van der Waals surface area contributed by atoms with E-state index in [1.54, 1.807) is 18.3 Å². The zero-order valence-electron chi connectivity index (χ0n) is 17.0. The van der Waals surface area contributed by atoms with Crippen LogP contribution in [0.3, 0.4) is 0 Å². The third-order valence-electron chi connectivity index (χ3n) is 4.72. The fraction of sp³-hybridized carbons (Fsp3) is 0.174. The molecule has 31 heavy (non-hydrogen) atoms. The van der Waals surface area contributed by atoms with Crippen LogP contribution < -0.4 is 10.6 Å². The highest BCUT2D eigenvalue weighted by Gasteiger charge is 2.20. The first-order valence-electron chi connectivity index (χ1n) is 10.0. The summed E-state index contributed by atoms with van der Waals surface area (Å²) >= 11 is 7.40. The van der Waals surface area contributed by atoms with Crippen molar-refractivity contribution in [1.29, 1.82) is 0 Å². The van der Waals surface area contributed by atoms with E-state index in [9.17, 15) is 4.79 Å². The predicted molar refractivity (Wildman–Crippen MR) is 128 cm³/mol. The number of unbranched alkanes of at least 4 members (excludes halogenated alkanes) is 1. The largest absolute Gasteiger partial charge is 0.385 e. The van der Waals surface area contributed by atoms with E-state index >= 15 is 0 Å². The molecular formula is C23H22ClN5OS. The van der Waals surface area contributed by atoms with E-state index in [0.29, 0.717) is 27.4 Å². The monoisotopic (exact) mass is 451 g/mol. The van der Waals surface area contributed by atoms with Crippen molar-refractivity contribution in [1.82, 2.24) is 15.0 Å². The lowest BCUT2D eigenvalue weighted by atomic mass is 10.1. The van der Waals surface area contributed by atoms with Gasteiger partial charge in [0.2, 0.25) is 0 Å². The number of H-pyrrole nitrogens is 1. The van der Waals surface area contributed by atoms with Gasteiger partial charge in [-0.05, 0) is 42.8 Å². The van der Waals surface area contributed by atoms with Gasteiger partial charge in [-0.1, -0.05) is 37.1 Å². The number of nitrogens with zero attached hydrogens (tertiary/aromatic N) is 2. The first kappa shape index (κ1) is 21.1. The molecule has 0 radical (unpaired) electrons. The van der Waals surface area contributed by atoms with Gasteiger partial charge in [-0.3, -0.25) is 10.1 Å². The summed E-state index contributed by atoms with van der Waals surface area (Å²) in [5.41, 5.74) is 3.71. The van der Waals surface area contributed by atoms with Crippen LogP contribution in [0.5, 0.6) is 0 Å². The number of halogens is 1. The third-order valence-corrected chi connectivity index (χ3v) is 5.66. The van der Waals surface area contributed by atoms with E-state index < -0.39 is 0 Å². The van der Waals surface area contributed by atoms with Crippen LogP contribution in [0, 0.1) is 0 Å². The number of aromatic nitrogens is 3. The number of aromatic amines is 1. The number of carbonyl (C=O) groups is 1. The molecule has 0 aliphatic heterocycles. The predicted octanol–water partition coefficient (Wildman–Crippen LogP) is 6.32. The smallest absolute Gasteiger partial charge is 0.278 e. The van der Waals surface area contributed by atoms with E-state index in [4.69, 9.17) is 11.6 Å². The Hall–Kier alpha value is -3.16. The van der Waals surface area contributed by atoms with Crippen molar-refractivity contribution in [3.05, 3.63) is 70.8 Å². The van der Waals surface area contributed by atoms with Gasteiger partial charge in [-0.25, -0.2) is 9.97 Å². The Morgan fingerprint density at radius 1 is 1.10 bits per heavy atom. The Labute approximate surface area is 189 Å². The van der Waals surface area contributed by atoms with Crippen molar-refractivity contribution in [3.63, 3.8) is 0 Å². The zero-order chi connectivity index (χ0) is 21.6. The normalized spacial score (nSPS) is 10.8. The molecule has 0 spiro atoms. The van der Waals surface area contributed by atoms with Crippen LogP contribution in [0.4, 0.5) is 10.8 Å². The quantitative estimate of drug-likeness (QED) is 0.274. The molecule has 6 nitrogen and oxygen atoms in total. The van der Waals surface area contributed by atoms with Crippen molar-refractivity contribution in [2.45, 2.75) is 19.8 Å². The van der Waals surface area contributed by atoms with Crippen LogP contribution in [0.15, 0.2) is 60.1 Å². The van der Waals surface area contributed by atoms with Crippen molar-refractivity contribution >= 4 is 39.7 Å². The fourth-order valence-corrected chi connectivity index (χ4v) is 3.75. The number of anilines is 2. The molecule has 0 bridgehead atoms. The molecular weight excluding hydrogens is 430 g/mol. The lowest BCUT2D eigenvalue weighted by Crippen LogP contribution is -2.13. The van der Waals surface area contributed by atoms with Gasteiger partial charge in [0.05, 0.1) is 5.69 Å². The number of amides is 1. The molecule has 3 N–H and O–H groups in total. The molecule has 0 saturated heterocycles. The highest BCUT2D eigenvalue weighted by molar-refractivity contribution is 7.13. The first-order valence-corrected chi connectivity index (χ1v) is 11.3. The molecule has 0 atom stereocenters. The Morgan fingerprint density at radius 3 is 2.52 bits per heavy atom. The minimum Gasteiger partial charge on any atom is -0.385 e. The van der Waals surface area contributed by atoms with E-state index in [1.165, 1.54) is 11.3 Å². The first-order chi connectivity index (χ1) is 15.1. The van der Waals surface area contributed by atoms with E-state index in [0.717, 1.165) is 36.2 Å². The average Bonchev–Trinajstić information content (AvgIpc) is 3.45. The van der Waals surface area contributed by atoms with Crippen molar-refractivity contribution < 1.29 is 4.79 Å². The Kier molecular flexibility index (Phi) is 6.64. The third kappa shape index (κ3) is 5.13. The van der Waals surface area contributed by atoms with Crippen LogP contribution in [0.2, 0.25) is 5.02 Å². The Bertz CT molecular complexity index is 1140. The number of benzene rings is 2. The number of imidazole rings is 1. The zero-order valence-corrected chi connectivity index (χ0v) is 18.6. The summed E-state index contributed by atoms with van der Waals surface area (Å²) in [5.74, 6) is 0.301. The van der Waals surface area contributed by atoms with E-state index in [-0.39, 0.29) is 5.91 Å². The molecule has 0 fully saturated rings. The second-order valence-electron chi connectivity index (χ2n) is 6.96. The van der Waals surface area contributed by atoms with Crippen LogP contribution in [0.25, 0.3) is 22.6 Å². The van der Waals surface area contributed by atoms with Gasteiger partial charge in [0.1, 0.15) is 5.82 Å². The lowest BCUT2D eigenvalue weighted by molar-refractivity contribution is 0.102. The molecule has 4 aromatic rings. The molecule has 2 aromatic heterocycles. The summed E-state index contributed by atoms with van der Waals surface area (Å²) in [5, 5.41) is 9.18. The van der Waals surface area contributed by atoms with Gasteiger partial charge in [0.25, 0.3) is 5.91 Å². The number of rotatable bonds is 8. The molecule has 8 heteroatoms. The highest BCUT2D eigenvalue weighted by Crippen LogP contribution is 2.28. The second kappa shape index (κ2) is 9.76. The van der Waals surface area contributed by atoms with Crippen molar-refractivity contribution in [2.24, 2.45) is 0 Å². The number of thiazole rings is 1. The molecule has 0 aliphatic carbocycles. The molecule has 0 unspecified atom stereocenters. The van der Waals surface area contributed by atoms with Crippen LogP contribution in [-0.4, -0.2) is 27.4 Å². The van der Waals surface area contributed by atoms with E-state index in [2.05, 4.69) is 32.5 Å². The van der Waals surface area contributed by atoms with Crippen molar-refractivity contribution in [2.75, 3.05) is 17.2 Å². The molecule has 158 valence electrons. The Balaban J connectivity index is 1.65. The van der Waals surface area contributed by atoms with Gasteiger partial charge in [0, 0.05) is 40.0 Å². The van der Waals surface area contributed by atoms with Crippen LogP contribution >= 0.6 is 22.9 Å². The molecule has 1 amide bonds. The van der Waals surface area contributed by atoms with Crippen molar-refractivity contribution in [3.8, 4) is 22.6 Å². The maximum atomic E-state index is 13.0. The fourth-order valence-electron chi connectivity index (χ4n) is 3.10. The minimum absolute atomic E-state index is 0.303. The van der Waals surface area contributed by atoms with Gasteiger partial charge in [0.15, 0.2) is 10.8 Å². The summed E-state index contributed by atoms with van der Waals surface area (Å²) in [6.07, 6.45) is 3.92. The number of hydrogen-bond donors (Lipinski definition) is 3. The van der Waals surface area contributed by atoms with Crippen LogP contribution in [-0.2, 0) is 0 Å². The molecule has 0 aliphatic rings. The molecule has 4 rings (SSSR count). The Morgan fingerprint density at radius 2 is 1.84 bits per heavy atom. The SMILES string of the molecule is CCCCNc1ccc(-c2nc(C(=O)Nc3nccs3)c(-c3ccc(Cl)cc3)[nH]2)cc1. The number of carbonyl (C=O) groups excluding carboxylic acids is 1.